The van der Waals surface area contributed by atoms with E-state index in [1.54, 1.807) is 12.3 Å². The number of nitrogens with zero attached hydrogens (tertiary/aromatic N) is 4. The molecule has 1 aliphatic heterocycles. The fourth-order valence-electron chi connectivity index (χ4n) is 3.47. The van der Waals surface area contributed by atoms with E-state index >= 15 is 0 Å². The predicted molar refractivity (Wildman–Crippen MR) is 117 cm³/mol. The lowest BCUT2D eigenvalue weighted by molar-refractivity contribution is 0.102. The van der Waals surface area contributed by atoms with E-state index in [4.69, 9.17) is 0 Å². The third kappa shape index (κ3) is 4.54. The Morgan fingerprint density at radius 2 is 1.59 bits per heavy atom. The number of rotatable bonds is 5. The van der Waals surface area contributed by atoms with E-state index in [-0.39, 0.29) is 5.91 Å². The highest BCUT2D eigenvalue weighted by Crippen LogP contribution is 2.19. The highest BCUT2D eigenvalue weighted by Gasteiger charge is 2.19. The van der Waals surface area contributed by atoms with Crippen LogP contribution in [0.15, 0.2) is 67.0 Å². The molecule has 1 fully saturated rings. The second-order valence-corrected chi connectivity index (χ2v) is 7.07. The van der Waals surface area contributed by atoms with Crippen LogP contribution in [0.25, 0.3) is 0 Å². The molecular weight excluding hydrogens is 362 g/mol. The summed E-state index contributed by atoms with van der Waals surface area (Å²) in [6, 6.07) is 17.5. The van der Waals surface area contributed by atoms with Gasteiger partial charge in [0, 0.05) is 49.8 Å². The van der Waals surface area contributed by atoms with Crippen LogP contribution in [-0.2, 0) is 6.42 Å². The number of pyridine rings is 2. The van der Waals surface area contributed by atoms with Crippen molar-refractivity contribution in [3.63, 3.8) is 0 Å². The maximum Gasteiger partial charge on any atom is 0.255 e. The maximum atomic E-state index is 12.7. The SMILES string of the molecule is CCc1ccc(NC(=O)c2ccnc(N3CCN(c4ccccn4)CC3)c2)cc1. The fraction of sp³-hybridized carbons (Fsp3) is 0.261. The van der Waals surface area contributed by atoms with Crippen LogP contribution in [0.5, 0.6) is 0 Å². The average Bonchev–Trinajstić information content (AvgIpc) is 2.80. The van der Waals surface area contributed by atoms with Crippen LogP contribution < -0.4 is 15.1 Å². The molecule has 0 bridgehead atoms. The minimum absolute atomic E-state index is 0.120. The lowest BCUT2D eigenvalue weighted by atomic mass is 10.1. The first kappa shape index (κ1) is 18.9. The summed E-state index contributed by atoms with van der Waals surface area (Å²) < 4.78 is 0. The molecule has 1 amide bonds. The molecule has 0 spiro atoms. The Morgan fingerprint density at radius 3 is 2.24 bits per heavy atom. The van der Waals surface area contributed by atoms with Crippen molar-refractivity contribution in [1.29, 1.82) is 0 Å². The number of benzene rings is 1. The summed E-state index contributed by atoms with van der Waals surface area (Å²) in [4.78, 5) is 26.1. The van der Waals surface area contributed by atoms with Crippen molar-refractivity contribution in [2.75, 3.05) is 41.3 Å². The molecule has 4 rings (SSSR count). The van der Waals surface area contributed by atoms with E-state index in [1.807, 2.05) is 54.7 Å². The molecule has 6 nitrogen and oxygen atoms in total. The zero-order valence-corrected chi connectivity index (χ0v) is 16.6. The average molecular weight is 387 g/mol. The molecule has 3 heterocycles. The van der Waals surface area contributed by atoms with Gasteiger partial charge < -0.3 is 15.1 Å². The molecule has 3 aromatic rings. The van der Waals surface area contributed by atoms with E-state index in [0.29, 0.717) is 5.56 Å². The van der Waals surface area contributed by atoms with Crippen molar-refractivity contribution >= 4 is 23.2 Å². The normalized spacial score (nSPS) is 14.0. The van der Waals surface area contributed by atoms with Crippen LogP contribution in [0.1, 0.15) is 22.8 Å². The van der Waals surface area contributed by atoms with Crippen molar-refractivity contribution in [2.45, 2.75) is 13.3 Å². The Hall–Kier alpha value is -3.41. The highest BCUT2D eigenvalue weighted by molar-refractivity contribution is 6.04. The summed E-state index contributed by atoms with van der Waals surface area (Å²) >= 11 is 0. The molecule has 1 saturated heterocycles. The van der Waals surface area contributed by atoms with Crippen LogP contribution in [0.4, 0.5) is 17.3 Å². The quantitative estimate of drug-likeness (QED) is 0.725. The smallest absolute Gasteiger partial charge is 0.255 e. The summed E-state index contributed by atoms with van der Waals surface area (Å²) in [5, 5.41) is 2.97. The van der Waals surface area contributed by atoms with E-state index in [0.717, 1.165) is 49.9 Å². The monoisotopic (exact) mass is 387 g/mol. The molecule has 29 heavy (non-hydrogen) atoms. The Balaban J connectivity index is 1.40. The Kier molecular flexibility index (Phi) is 5.70. The first-order valence-electron chi connectivity index (χ1n) is 10.00. The molecule has 0 saturated carbocycles. The zero-order valence-electron chi connectivity index (χ0n) is 16.6. The second-order valence-electron chi connectivity index (χ2n) is 7.07. The number of aryl methyl sites for hydroxylation is 1. The second kappa shape index (κ2) is 8.73. The van der Waals surface area contributed by atoms with Gasteiger partial charge in [-0.05, 0) is 48.4 Å². The van der Waals surface area contributed by atoms with Crippen LogP contribution in [-0.4, -0.2) is 42.1 Å². The van der Waals surface area contributed by atoms with Gasteiger partial charge in [0.15, 0.2) is 0 Å². The van der Waals surface area contributed by atoms with Gasteiger partial charge in [0.2, 0.25) is 0 Å². The summed E-state index contributed by atoms with van der Waals surface area (Å²) in [5.74, 6) is 1.71. The number of anilines is 3. The summed E-state index contributed by atoms with van der Waals surface area (Å²) in [7, 11) is 0. The molecule has 0 radical (unpaired) electrons. The topological polar surface area (TPSA) is 61.4 Å². The summed E-state index contributed by atoms with van der Waals surface area (Å²) in [5.41, 5.74) is 2.66. The lowest BCUT2D eigenvalue weighted by Crippen LogP contribution is -2.47. The molecular formula is C23H25N5O. The van der Waals surface area contributed by atoms with Gasteiger partial charge in [-0.1, -0.05) is 25.1 Å². The van der Waals surface area contributed by atoms with Crippen LogP contribution >= 0.6 is 0 Å². The summed E-state index contributed by atoms with van der Waals surface area (Å²) in [6.45, 7) is 5.54. The number of hydrogen-bond acceptors (Lipinski definition) is 5. The number of amides is 1. The van der Waals surface area contributed by atoms with Gasteiger partial charge in [-0.3, -0.25) is 4.79 Å². The lowest BCUT2D eigenvalue weighted by Gasteiger charge is -2.36. The van der Waals surface area contributed by atoms with Crippen molar-refractivity contribution in [1.82, 2.24) is 9.97 Å². The number of nitrogens with one attached hydrogen (secondary N) is 1. The molecule has 1 aromatic carbocycles. The number of aromatic nitrogens is 2. The molecule has 0 atom stereocenters. The van der Waals surface area contributed by atoms with Gasteiger partial charge in [0.05, 0.1) is 0 Å². The summed E-state index contributed by atoms with van der Waals surface area (Å²) in [6.07, 6.45) is 4.51. The maximum absolute atomic E-state index is 12.7. The van der Waals surface area contributed by atoms with Crippen LogP contribution in [0, 0.1) is 0 Å². The van der Waals surface area contributed by atoms with Crippen molar-refractivity contribution in [3.05, 3.63) is 78.1 Å². The predicted octanol–water partition coefficient (Wildman–Crippen LogP) is 3.62. The minimum atomic E-state index is -0.120. The Morgan fingerprint density at radius 1 is 0.897 bits per heavy atom. The third-order valence-electron chi connectivity index (χ3n) is 5.20. The Bertz CT molecular complexity index is 951. The molecule has 0 unspecified atom stereocenters. The van der Waals surface area contributed by atoms with Gasteiger partial charge in [-0.15, -0.1) is 0 Å². The van der Waals surface area contributed by atoms with Gasteiger partial charge in [-0.25, -0.2) is 9.97 Å². The number of carbonyl (C=O) groups excluding carboxylic acids is 1. The van der Waals surface area contributed by atoms with Gasteiger partial charge in [0.1, 0.15) is 11.6 Å². The third-order valence-corrected chi connectivity index (χ3v) is 5.20. The largest absolute Gasteiger partial charge is 0.353 e. The van der Waals surface area contributed by atoms with E-state index in [9.17, 15) is 4.79 Å². The fourth-order valence-corrected chi connectivity index (χ4v) is 3.47. The van der Waals surface area contributed by atoms with Gasteiger partial charge >= 0.3 is 0 Å². The van der Waals surface area contributed by atoms with E-state index in [2.05, 4.69) is 32.0 Å². The Labute approximate surface area is 171 Å². The molecule has 1 N–H and O–H groups in total. The zero-order chi connectivity index (χ0) is 20.1. The molecule has 6 heteroatoms. The van der Waals surface area contributed by atoms with Gasteiger partial charge in [0.25, 0.3) is 5.91 Å². The number of piperazine rings is 1. The minimum Gasteiger partial charge on any atom is -0.353 e. The van der Waals surface area contributed by atoms with E-state index in [1.165, 1.54) is 5.56 Å². The van der Waals surface area contributed by atoms with Crippen molar-refractivity contribution in [2.24, 2.45) is 0 Å². The number of hydrogen-bond donors (Lipinski definition) is 1. The first-order chi connectivity index (χ1) is 14.2. The number of carbonyl (C=O) groups is 1. The molecule has 2 aromatic heterocycles. The highest BCUT2D eigenvalue weighted by atomic mass is 16.1. The standard InChI is InChI=1S/C23H25N5O/c1-2-18-6-8-20(9-7-18)26-23(29)19-10-12-25-22(17-19)28-15-13-27(14-16-28)21-5-3-4-11-24-21/h3-12,17H,2,13-16H2,1H3,(H,26,29). The first-order valence-corrected chi connectivity index (χ1v) is 10.00. The van der Waals surface area contributed by atoms with Crippen molar-refractivity contribution < 1.29 is 4.79 Å². The van der Waals surface area contributed by atoms with Crippen LogP contribution in [0.3, 0.4) is 0 Å². The van der Waals surface area contributed by atoms with Crippen molar-refractivity contribution in [3.8, 4) is 0 Å². The van der Waals surface area contributed by atoms with Gasteiger partial charge in [-0.2, -0.15) is 0 Å². The molecule has 0 aliphatic carbocycles. The molecule has 1 aliphatic rings. The molecule has 148 valence electrons. The van der Waals surface area contributed by atoms with E-state index < -0.39 is 0 Å². The van der Waals surface area contributed by atoms with Crippen LogP contribution in [0.2, 0.25) is 0 Å².